The molecule has 0 aliphatic carbocycles. The minimum Gasteiger partial charge on any atom is -0.496 e. The van der Waals surface area contributed by atoms with Crippen molar-refractivity contribution in [3.05, 3.63) is 52.1 Å². The molecule has 174 valence electrons. The van der Waals surface area contributed by atoms with Crippen LogP contribution in [-0.2, 0) is 11.3 Å². The summed E-state index contributed by atoms with van der Waals surface area (Å²) in [5, 5.41) is 15.8. The van der Waals surface area contributed by atoms with Crippen molar-refractivity contribution in [1.82, 2.24) is 10.6 Å². The topological polar surface area (TPSA) is 98.3 Å². The molecular formula is C23H29ClN2O6. The number of methoxy groups -OCH3 is 4. The number of ether oxygens (including phenoxy) is 4. The van der Waals surface area contributed by atoms with Crippen LogP contribution in [0.5, 0.6) is 23.0 Å². The number of carbonyl (C=O) groups is 1. The maximum Gasteiger partial charge on any atom is 0.317 e. The molecule has 0 heterocycles. The van der Waals surface area contributed by atoms with Crippen molar-refractivity contribution in [2.75, 3.05) is 48.1 Å². The van der Waals surface area contributed by atoms with Crippen molar-refractivity contribution in [3.63, 3.8) is 0 Å². The van der Waals surface area contributed by atoms with E-state index in [2.05, 4.69) is 10.6 Å². The van der Waals surface area contributed by atoms with E-state index in [4.69, 9.17) is 35.7 Å². The molecular weight excluding hydrogens is 436 g/mol. The number of carboxylic acids is 1. The zero-order valence-corrected chi connectivity index (χ0v) is 19.4. The molecule has 0 bridgehead atoms. The van der Waals surface area contributed by atoms with Crippen molar-refractivity contribution >= 4 is 23.6 Å². The summed E-state index contributed by atoms with van der Waals surface area (Å²) in [6, 6.07) is 8.92. The van der Waals surface area contributed by atoms with Gasteiger partial charge in [0.25, 0.3) is 0 Å². The summed E-state index contributed by atoms with van der Waals surface area (Å²) in [6.07, 6.45) is 1.93. The van der Waals surface area contributed by atoms with Crippen molar-refractivity contribution in [1.29, 1.82) is 0 Å². The smallest absolute Gasteiger partial charge is 0.317 e. The molecule has 0 aliphatic rings. The van der Waals surface area contributed by atoms with E-state index >= 15 is 0 Å². The molecule has 2 aromatic rings. The molecule has 32 heavy (non-hydrogen) atoms. The highest BCUT2D eigenvalue weighted by atomic mass is 35.5. The third kappa shape index (κ3) is 7.33. The monoisotopic (exact) mass is 464 g/mol. The number of rotatable bonds is 13. The number of benzene rings is 2. The van der Waals surface area contributed by atoms with Crippen LogP contribution in [-0.4, -0.2) is 59.1 Å². The molecule has 9 heteroatoms. The Hall–Kier alpha value is -2.94. The van der Waals surface area contributed by atoms with Crippen LogP contribution >= 0.6 is 11.6 Å². The molecule has 0 saturated carbocycles. The number of hydrogen-bond donors (Lipinski definition) is 3. The normalized spacial score (nSPS) is 11.2. The van der Waals surface area contributed by atoms with Crippen LogP contribution < -0.4 is 29.6 Å². The molecule has 0 amide bonds. The average molecular weight is 465 g/mol. The van der Waals surface area contributed by atoms with Gasteiger partial charge in [0.15, 0.2) is 0 Å². The Kier molecular flexibility index (Phi) is 10.1. The van der Waals surface area contributed by atoms with Gasteiger partial charge in [0.05, 0.1) is 40.5 Å². The van der Waals surface area contributed by atoms with Gasteiger partial charge in [0, 0.05) is 42.4 Å². The van der Waals surface area contributed by atoms with Gasteiger partial charge in [-0.25, -0.2) is 0 Å². The molecule has 0 fully saturated rings. The SMILES string of the molecule is COc1cc(OC)c(CNCC(=Cc2cc(Cl)ccc2OC)CNCC(=O)O)c(OC)c1. The van der Waals surface area contributed by atoms with Crippen LogP contribution in [0.25, 0.3) is 6.08 Å². The molecule has 8 nitrogen and oxygen atoms in total. The summed E-state index contributed by atoms with van der Waals surface area (Å²) in [5.74, 6) is 1.66. The predicted octanol–water partition coefficient (Wildman–Crippen LogP) is 3.22. The summed E-state index contributed by atoms with van der Waals surface area (Å²) >= 11 is 6.15. The number of hydrogen-bond acceptors (Lipinski definition) is 7. The fourth-order valence-corrected chi connectivity index (χ4v) is 3.31. The van der Waals surface area contributed by atoms with Gasteiger partial charge in [-0.05, 0) is 29.8 Å². The maximum absolute atomic E-state index is 10.9. The molecule has 0 unspecified atom stereocenters. The van der Waals surface area contributed by atoms with Gasteiger partial charge >= 0.3 is 5.97 Å². The standard InChI is InChI=1S/C23H29ClN2O6/c1-29-18-9-21(31-3)19(22(10-18)32-4)13-25-11-15(12-26-14-23(27)28)7-16-8-17(24)5-6-20(16)30-2/h5-10,25-26H,11-14H2,1-4H3,(H,27,28). The summed E-state index contributed by atoms with van der Waals surface area (Å²) < 4.78 is 21.7. The van der Waals surface area contributed by atoms with Crippen molar-refractivity contribution in [2.24, 2.45) is 0 Å². The van der Waals surface area contributed by atoms with Crippen LogP contribution in [0.1, 0.15) is 11.1 Å². The van der Waals surface area contributed by atoms with Gasteiger partial charge in [-0.1, -0.05) is 11.6 Å². The van der Waals surface area contributed by atoms with E-state index in [1.165, 1.54) is 0 Å². The average Bonchev–Trinajstić information content (AvgIpc) is 2.78. The molecule has 0 radical (unpaired) electrons. The Morgan fingerprint density at radius 2 is 1.53 bits per heavy atom. The number of aliphatic carboxylic acids is 1. The van der Waals surface area contributed by atoms with Gasteiger partial charge in [-0.3, -0.25) is 4.79 Å². The van der Waals surface area contributed by atoms with Gasteiger partial charge in [0.2, 0.25) is 0 Å². The molecule has 2 aromatic carbocycles. The Bertz CT molecular complexity index is 923. The lowest BCUT2D eigenvalue weighted by Crippen LogP contribution is -2.28. The summed E-state index contributed by atoms with van der Waals surface area (Å²) in [4.78, 5) is 10.9. The lowest BCUT2D eigenvalue weighted by molar-refractivity contribution is -0.135. The minimum absolute atomic E-state index is 0.149. The lowest BCUT2D eigenvalue weighted by atomic mass is 10.1. The number of carboxylic acid groups (broad SMARTS) is 1. The molecule has 0 aromatic heterocycles. The number of halogens is 1. The van der Waals surface area contributed by atoms with Gasteiger partial charge < -0.3 is 34.7 Å². The highest BCUT2D eigenvalue weighted by molar-refractivity contribution is 6.30. The Labute approximate surface area is 193 Å². The fraction of sp³-hybridized carbons (Fsp3) is 0.348. The largest absolute Gasteiger partial charge is 0.496 e. The first-order chi connectivity index (χ1) is 15.4. The third-order valence-corrected chi connectivity index (χ3v) is 4.89. The zero-order chi connectivity index (χ0) is 23.5. The summed E-state index contributed by atoms with van der Waals surface area (Å²) in [7, 11) is 6.34. The molecule has 3 N–H and O–H groups in total. The highest BCUT2D eigenvalue weighted by Gasteiger charge is 2.13. The molecule has 2 rings (SSSR count). The van der Waals surface area contributed by atoms with Gasteiger partial charge in [-0.2, -0.15) is 0 Å². The van der Waals surface area contributed by atoms with E-state index < -0.39 is 5.97 Å². The first-order valence-corrected chi connectivity index (χ1v) is 10.2. The second kappa shape index (κ2) is 12.8. The van der Waals surface area contributed by atoms with Crippen LogP contribution in [0.4, 0.5) is 0 Å². The van der Waals surface area contributed by atoms with Crippen LogP contribution in [0.3, 0.4) is 0 Å². The van der Waals surface area contributed by atoms with Crippen LogP contribution in [0.2, 0.25) is 5.02 Å². The van der Waals surface area contributed by atoms with Crippen molar-refractivity contribution in [3.8, 4) is 23.0 Å². The first-order valence-electron chi connectivity index (χ1n) is 9.86. The van der Waals surface area contributed by atoms with E-state index in [0.29, 0.717) is 47.7 Å². The second-order valence-electron chi connectivity index (χ2n) is 6.80. The summed E-state index contributed by atoms with van der Waals surface area (Å²) in [5.41, 5.74) is 2.56. The fourth-order valence-electron chi connectivity index (χ4n) is 3.13. The Balaban J connectivity index is 2.22. The Morgan fingerprint density at radius 3 is 2.09 bits per heavy atom. The zero-order valence-electron chi connectivity index (χ0n) is 18.7. The van der Waals surface area contributed by atoms with Crippen LogP contribution in [0.15, 0.2) is 35.9 Å². The molecule has 0 saturated heterocycles. The quantitative estimate of drug-likeness (QED) is 0.415. The van der Waals surface area contributed by atoms with E-state index in [9.17, 15) is 4.79 Å². The van der Waals surface area contributed by atoms with Crippen LogP contribution in [0, 0.1) is 0 Å². The van der Waals surface area contributed by atoms with E-state index in [-0.39, 0.29) is 6.54 Å². The molecule has 0 spiro atoms. The van der Waals surface area contributed by atoms with Crippen molar-refractivity contribution < 1.29 is 28.8 Å². The lowest BCUT2D eigenvalue weighted by Gasteiger charge is -2.17. The van der Waals surface area contributed by atoms with E-state index in [1.54, 1.807) is 58.8 Å². The minimum atomic E-state index is -0.926. The number of nitrogens with one attached hydrogen (secondary N) is 2. The van der Waals surface area contributed by atoms with E-state index in [0.717, 1.165) is 16.7 Å². The first kappa shape index (κ1) is 25.3. The summed E-state index contributed by atoms with van der Waals surface area (Å²) in [6.45, 7) is 1.15. The van der Waals surface area contributed by atoms with Gasteiger partial charge in [-0.15, -0.1) is 0 Å². The molecule has 0 aliphatic heterocycles. The molecule has 0 atom stereocenters. The third-order valence-electron chi connectivity index (χ3n) is 4.65. The maximum atomic E-state index is 10.9. The second-order valence-corrected chi connectivity index (χ2v) is 7.24. The van der Waals surface area contributed by atoms with Gasteiger partial charge in [0.1, 0.15) is 23.0 Å². The van der Waals surface area contributed by atoms with E-state index in [1.807, 2.05) is 6.08 Å². The highest BCUT2D eigenvalue weighted by Crippen LogP contribution is 2.34. The predicted molar refractivity (Wildman–Crippen MR) is 124 cm³/mol. The Morgan fingerprint density at radius 1 is 0.906 bits per heavy atom. The van der Waals surface area contributed by atoms with Crippen molar-refractivity contribution in [2.45, 2.75) is 6.54 Å².